The van der Waals surface area contributed by atoms with E-state index in [-0.39, 0.29) is 12.5 Å². The number of hydrogen-bond acceptors (Lipinski definition) is 3. The molecule has 0 saturated carbocycles. The van der Waals surface area contributed by atoms with Crippen LogP contribution in [-0.4, -0.2) is 61.2 Å². The van der Waals surface area contributed by atoms with E-state index in [2.05, 4.69) is 0 Å². The Bertz CT molecular complexity index is 588. The van der Waals surface area contributed by atoms with Crippen molar-refractivity contribution in [2.75, 3.05) is 33.3 Å². The van der Waals surface area contributed by atoms with Gasteiger partial charge in [-0.1, -0.05) is 12.1 Å². The van der Waals surface area contributed by atoms with E-state index < -0.39 is 18.8 Å². The predicted molar refractivity (Wildman–Crippen MR) is 83.0 cm³/mol. The highest BCUT2D eigenvalue weighted by Crippen LogP contribution is 2.32. The van der Waals surface area contributed by atoms with Gasteiger partial charge in [-0.25, -0.2) is 0 Å². The molecule has 2 aliphatic rings. The number of likely N-dealkylation sites (tertiary alicyclic amines) is 2. The average Bonchev–Trinajstić information content (AvgIpc) is 3.14. The Morgan fingerprint density at radius 1 is 1.17 bits per heavy atom. The van der Waals surface area contributed by atoms with Crippen LogP contribution in [0.5, 0.6) is 5.75 Å². The minimum atomic E-state index is -4.33. The van der Waals surface area contributed by atoms with Crippen molar-refractivity contribution in [2.24, 2.45) is 0 Å². The Labute approximate surface area is 139 Å². The molecule has 4 nitrogen and oxygen atoms in total. The van der Waals surface area contributed by atoms with Gasteiger partial charge >= 0.3 is 6.18 Å². The summed E-state index contributed by atoms with van der Waals surface area (Å²) in [5.74, 6) is 0.713. The number of benzene rings is 1. The predicted octanol–water partition coefficient (Wildman–Crippen LogP) is 2.65. The van der Waals surface area contributed by atoms with Crippen LogP contribution in [-0.2, 0) is 4.79 Å². The van der Waals surface area contributed by atoms with Crippen LogP contribution in [0.3, 0.4) is 0 Å². The number of alkyl halides is 3. The first-order chi connectivity index (χ1) is 11.4. The smallest absolute Gasteiger partial charge is 0.406 e. The maximum absolute atomic E-state index is 12.5. The minimum Gasteiger partial charge on any atom is -0.497 e. The molecule has 0 spiro atoms. The molecule has 0 radical (unpaired) electrons. The average molecular weight is 342 g/mol. The lowest BCUT2D eigenvalue weighted by Gasteiger charge is -2.24. The van der Waals surface area contributed by atoms with Gasteiger partial charge in [-0.05, 0) is 43.0 Å². The summed E-state index contributed by atoms with van der Waals surface area (Å²) in [5, 5.41) is 0. The van der Waals surface area contributed by atoms with Crippen LogP contribution in [0, 0.1) is 0 Å². The van der Waals surface area contributed by atoms with Crippen LogP contribution in [0.15, 0.2) is 24.3 Å². The number of hydrogen-bond donors (Lipinski definition) is 0. The Morgan fingerprint density at radius 2 is 1.88 bits per heavy atom. The summed E-state index contributed by atoms with van der Waals surface area (Å²) in [6, 6.07) is 7.43. The van der Waals surface area contributed by atoms with E-state index in [0.717, 1.165) is 23.6 Å². The first-order valence-corrected chi connectivity index (χ1v) is 8.11. The lowest BCUT2D eigenvalue weighted by atomic mass is 9.98. The summed E-state index contributed by atoms with van der Waals surface area (Å²) in [6.45, 7) is 0.500. The zero-order chi connectivity index (χ0) is 17.3. The van der Waals surface area contributed by atoms with Gasteiger partial charge in [-0.3, -0.25) is 9.69 Å². The van der Waals surface area contributed by atoms with E-state index in [0.29, 0.717) is 18.9 Å². The number of carbonyl (C=O) groups is 1. The number of nitrogens with zero attached hydrogens (tertiary/aromatic N) is 2. The summed E-state index contributed by atoms with van der Waals surface area (Å²) >= 11 is 0. The molecule has 1 aromatic rings. The van der Waals surface area contributed by atoms with Gasteiger partial charge < -0.3 is 9.64 Å². The molecular formula is C17H21F3N2O2. The third-order valence-corrected chi connectivity index (χ3v) is 4.89. The SMILES string of the molecule is COc1ccc([C@H]2CCN([C@H]3CCN(CC(F)(F)F)C3=O)C2)cc1. The van der Waals surface area contributed by atoms with Crippen LogP contribution < -0.4 is 4.74 Å². The highest BCUT2D eigenvalue weighted by Gasteiger charge is 2.43. The lowest BCUT2D eigenvalue weighted by molar-refractivity contribution is -0.159. The zero-order valence-electron chi connectivity index (χ0n) is 13.6. The van der Waals surface area contributed by atoms with Gasteiger partial charge in [0.1, 0.15) is 12.3 Å². The quantitative estimate of drug-likeness (QED) is 0.843. The van der Waals surface area contributed by atoms with Gasteiger partial charge in [0.15, 0.2) is 0 Å². The van der Waals surface area contributed by atoms with Crippen molar-refractivity contribution in [3.63, 3.8) is 0 Å². The monoisotopic (exact) mass is 342 g/mol. The van der Waals surface area contributed by atoms with Gasteiger partial charge in [-0.15, -0.1) is 0 Å². The molecule has 2 heterocycles. The molecule has 2 atom stereocenters. The number of halogens is 3. The van der Waals surface area contributed by atoms with Crippen molar-refractivity contribution >= 4 is 5.91 Å². The van der Waals surface area contributed by atoms with Gasteiger partial charge in [0, 0.05) is 13.1 Å². The molecule has 24 heavy (non-hydrogen) atoms. The number of rotatable bonds is 4. The second-order valence-corrected chi connectivity index (χ2v) is 6.43. The van der Waals surface area contributed by atoms with E-state index in [1.807, 2.05) is 29.2 Å². The number of methoxy groups -OCH3 is 1. The molecule has 0 aliphatic carbocycles. The van der Waals surface area contributed by atoms with Crippen LogP contribution in [0.4, 0.5) is 13.2 Å². The molecule has 3 rings (SSSR count). The Balaban J connectivity index is 1.60. The maximum atomic E-state index is 12.5. The molecule has 132 valence electrons. The molecular weight excluding hydrogens is 321 g/mol. The van der Waals surface area contributed by atoms with E-state index in [4.69, 9.17) is 4.74 Å². The van der Waals surface area contributed by atoms with E-state index in [1.165, 1.54) is 5.56 Å². The van der Waals surface area contributed by atoms with Crippen LogP contribution >= 0.6 is 0 Å². The number of amides is 1. The molecule has 2 aliphatic heterocycles. The molecule has 2 saturated heterocycles. The van der Waals surface area contributed by atoms with Gasteiger partial charge in [0.25, 0.3) is 0 Å². The molecule has 1 aromatic carbocycles. The van der Waals surface area contributed by atoms with Crippen molar-refractivity contribution in [2.45, 2.75) is 31.0 Å². The van der Waals surface area contributed by atoms with Crippen LogP contribution in [0.1, 0.15) is 24.3 Å². The van der Waals surface area contributed by atoms with Crippen molar-refractivity contribution in [3.05, 3.63) is 29.8 Å². The summed E-state index contributed by atoms with van der Waals surface area (Å²) in [7, 11) is 1.62. The van der Waals surface area contributed by atoms with Crippen molar-refractivity contribution in [1.82, 2.24) is 9.80 Å². The molecule has 0 aromatic heterocycles. The second-order valence-electron chi connectivity index (χ2n) is 6.43. The van der Waals surface area contributed by atoms with Crippen molar-refractivity contribution in [3.8, 4) is 5.75 Å². The molecule has 2 fully saturated rings. The number of ether oxygens (including phenoxy) is 1. The second kappa shape index (κ2) is 6.63. The summed E-state index contributed by atoms with van der Waals surface area (Å²) in [4.78, 5) is 15.2. The molecule has 7 heteroatoms. The minimum absolute atomic E-state index is 0.187. The fraction of sp³-hybridized carbons (Fsp3) is 0.588. The standard InChI is InChI=1S/C17H21F3N2O2/c1-24-14-4-2-12(3-5-14)13-6-8-21(10-13)15-7-9-22(16(15)23)11-17(18,19)20/h2-5,13,15H,6-11H2,1H3/t13-,15-/m0/s1. The largest absolute Gasteiger partial charge is 0.497 e. The highest BCUT2D eigenvalue weighted by molar-refractivity contribution is 5.84. The zero-order valence-corrected chi connectivity index (χ0v) is 13.6. The van der Waals surface area contributed by atoms with Crippen LogP contribution in [0.25, 0.3) is 0 Å². The first-order valence-electron chi connectivity index (χ1n) is 8.11. The van der Waals surface area contributed by atoms with Gasteiger partial charge in [0.2, 0.25) is 5.91 Å². The third kappa shape index (κ3) is 3.66. The van der Waals surface area contributed by atoms with Gasteiger partial charge in [-0.2, -0.15) is 13.2 Å². The fourth-order valence-corrected chi connectivity index (χ4v) is 3.65. The molecule has 0 bridgehead atoms. The third-order valence-electron chi connectivity index (χ3n) is 4.89. The molecule has 0 N–H and O–H groups in total. The van der Waals surface area contributed by atoms with E-state index in [9.17, 15) is 18.0 Å². The lowest BCUT2D eigenvalue weighted by Crippen LogP contribution is -2.43. The van der Waals surface area contributed by atoms with Crippen molar-refractivity contribution < 1.29 is 22.7 Å². The van der Waals surface area contributed by atoms with Crippen LogP contribution in [0.2, 0.25) is 0 Å². The summed E-state index contributed by atoms with van der Waals surface area (Å²) < 4.78 is 42.7. The van der Waals surface area contributed by atoms with E-state index >= 15 is 0 Å². The fourth-order valence-electron chi connectivity index (χ4n) is 3.65. The first kappa shape index (κ1) is 17.1. The highest BCUT2D eigenvalue weighted by atomic mass is 19.4. The maximum Gasteiger partial charge on any atom is 0.406 e. The Hall–Kier alpha value is -1.76. The normalized spacial score (nSPS) is 25.5. The van der Waals surface area contributed by atoms with Gasteiger partial charge in [0.05, 0.1) is 13.2 Å². The summed E-state index contributed by atoms with van der Waals surface area (Å²) in [5.41, 5.74) is 1.18. The Morgan fingerprint density at radius 3 is 2.50 bits per heavy atom. The van der Waals surface area contributed by atoms with Crippen molar-refractivity contribution in [1.29, 1.82) is 0 Å². The molecule has 0 unspecified atom stereocenters. The topological polar surface area (TPSA) is 32.8 Å². The molecule has 1 amide bonds. The summed E-state index contributed by atoms with van der Waals surface area (Å²) in [6.07, 6.45) is -2.94. The number of carbonyl (C=O) groups excluding carboxylic acids is 1. The van der Waals surface area contributed by atoms with E-state index in [1.54, 1.807) is 7.11 Å². The Kier molecular flexibility index (Phi) is 4.71.